The van der Waals surface area contributed by atoms with Gasteiger partial charge < -0.3 is 9.64 Å². The van der Waals surface area contributed by atoms with Gasteiger partial charge >= 0.3 is 11.6 Å². The monoisotopic (exact) mass is 382 g/mol. The SMILES string of the molecule is CSc1nc(Cl)c([N+](=O)[O-])c(Oc2cc(C)cc(C(=O)N(C)C)c2)n1. The number of hydrogen-bond donors (Lipinski definition) is 0. The van der Waals surface area contributed by atoms with Gasteiger partial charge in [0.15, 0.2) is 5.16 Å². The number of nitro groups is 1. The van der Waals surface area contributed by atoms with Crippen molar-refractivity contribution in [1.82, 2.24) is 14.9 Å². The molecule has 10 heteroatoms. The minimum atomic E-state index is -0.705. The van der Waals surface area contributed by atoms with E-state index in [1.165, 1.54) is 22.7 Å². The van der Waals surface area contributed by atoms with Gasteiger partial charge in [-0.15, -0.1) is 0 Å². The van der Waals surface area contributed by atoms with Gasteiger partial charge in [-0.1, -0.05) is 23.4 Å². The van der Waals surface area contributed by atoms with Crippen LogP contribution in [0.3, 0.4) is 0 Å². The number of carbonyl (C=O) groups excluding carboxylic acids is 1. The number of benzene rings is 1. The van der Waals surface area contributed by atoms with Crippen molar-refractivity contribution in [3.8, 4) is 11.6 Å². The molecule has 0 saturated carbocycles. The second-order valence-corrected chi connectivity index (χ2v) is 6.38. The third kappa shape index (κ3) is 4.37. The van der Waals surface area contributed by atoms with Crippen LogP contribution in [0.1, 0.15) is 15.9 Å². The van der Waals surface area contributed by atoms with E-state index >= 15 is 0 Å². The summed E-state index contributed by atoms with van der Waals surface area (Å²) in [6.45, 7) is 1.79. The van der Waals surface area contributed by atoms with Crippen molar-refractivity contribution in [2.24, 2.45) is 0 Å². The van der Waals surface area contributed by atoms with Crippen molar-refractivity contribution in [3.05, 3.63) is 44.6 Å². The Hall–Kier alpha value is -2.39. The molecule has 1 aromatic heterocycles. The summed E-state index contributed by atoms with van der Waals surface area (Å²) >= 11 is 7.06. The highest BCUT2D eigenvalue weighted by molar-refractivity contribution is 7.98. The van der Waals surface area contributed by atoms with E-state index in [2.05, 4.69) is 9.97 Å². The molecule has 0 saturated heterocycles. The molecule has 0 fully saturated rings. The van der Waals surface area contributed by atoms with Gasteiger partial charge in [-0.25, -0.2) is 4.98 Å². The van der Waals surface area contributed by atoms with Gasteiger partial charge in [-0.2, -0.15) is 4.98 Å². The van der Waals surface area contributed by atoms with Crippen molar-refractivity contribution in [3.63, 3.8) is 0 Å². The quantitative estimate of drug-likeness (QED) is 0.256. The first-order valence-corrected chi connectivity index (χ1v) is 8.60. The second kappa shape index (κ2) is 7.66. The van der Waals surface area contributed by atoms with Crippen LogP contribution in [0.2, 0.25) is 5.15 Å². The van der Waals surface area contributed by atoms with Gasteiger partial charge in [-0.3, -0.25) is 14.9 Å². The fourth-order valence-corrected chi connectivity index (χ4v) is 2.64. The number of halogens is 1. The van der Waals surface area contributed by atoms with E-state index in [4.69, 9.17) is 16.3 Å². The van der Waals surface area contributed by atoms with Crippen molar-refractivity contribution in [1.29, 1.82) is 0 Å². The van der Waals surface area contributed by atoms with E-state index in [1.54, 1.807) is 39.4 Å². The molecule has 0 aliphatic rings. The number of aryl methyl sites for hydroxylation is 1. The Kier molecular flexibility index (Phi) is 5.81. The molecule has 0 N–H and O–H groups in total. The van der Waals surface area contributed by atoms with Crippen LogP contribution in [-0.4, -0.2) is 46.0 Å². The fourth-order valence-electron chi connectivity index (χ4n) is 2.01. The average Bonchev–Trinajstić information content (AvgIpc) is 2.52. The molecular formula is C15H15ClN4O4S. The number of rotatable bonds is 5. The number of ether oxygens (including phenoxy) is 1. The predicted molar refractivity (Wildman–Crippen MR) is 94.7 cm³/mol. The summed E-state index contributed by atoms with van der Waals surface area (Å²) < 4.78 is 5.58. The molecule has 132 valence electrons. The number of nitrogens with zero attached hydrogens (tertiary/aromatic N) is 4. The van der Waals surface area contributed by atoms with Crippen LogP contribution < -0.4 is 4.74 Å². The van der Waals surface area contributed by atoms with Crippen molar-refractivity contribution < 1.29 is 14.5 Å². The minimum absolute atomic E-state index is 0.214. The molecule has 1 heterocycles. The lowest BCUT2D eigenvalue weighted by atomic mass is 10.1. The van der Waals surface area contributed by atoms with E-state index in [0.717, 1.165) is 5.56 Å². The smallest absolute Gasteiger partial charge is 0.368 e. The summed E-state index contributed by atoms with van der Waals surface area (Å²) in [5, 5.41) is 11.2. The number of aromatic nitrogens is 2. The normalized spacial score (nSPS) is 10.4. The number of hydrogen-bond acceptors (Lipinski definition) is 7. The zero-order valence-electron chi connectivity index (χ0n) is 13.9. The van der Waals surface area contributed by atoms with Crippen LogP contribution in [0.4, 0.5) is 5.69 Å². The van der Waals surface area contributed by atoms with E-state index < -0.39 is 10.6 Å². The summed E-state index contributed by atoms with van der Waals surface area (Å²) in [6.07, 6.45) is 1.71. The largest absolute Gasteiger partial charge is 0.434 e. The van der Waals surface area contributed by atoms with Gasteiger partial charge in [0.25, 0.3) is 5.91 Å². The van der Waals surface area contributed by atoms with Crippen LogP contribution in [0.5, 0.6) is 11.6 Å². The molecular weight excluding hydrogens is 368 g/mol. The van der Waals surface area contributed by atoms with Gasteiger partial charge in [0, 0.05) is 19.7 Å². The van der Waals surface area contributed by atoms with Gasteiger partial charge in [0.1, 0.15) is 5.75 Å². The summed E-state index contributed by atoms with van der Waals surface area (Å²) in [5.74, 6) is -0.244. The Morgan fingerprint density at radius 1 is 1.32 bits per heavy atom. The van der Waals surface area contributed by atoms with Gasteiger partial charge in [-0.05, 0) is 36.9 Å². The molecule has 1 amide bonds. The first kappa shape index (κ1) is 18.9. The van der Waals surface area contributed by atoms with E-state index in [9.17, 15) is 14.9 Å². The standard InChI is InChI=1S/C15H15ClN4O4S/c1-8-5-9(14(21)19(2)3)7-10(6-8)24-13-11(20(22)23)12(16)17-15(18-13)25-4/h5-7H,1-4H3. The highest BCUT2D eigenvalue weighted by Gasteiger charge is 2.26. The van der Waals surface area contributed by atoms with Crippen molar-refractivity contribution >= 4 is 35.0 Å². The molecule has 0 unspecified atom stereocenters. The van der Waals surface area contributed by atoms with Crippen LogP contribution in [0, 0.1) is 17.0 Å². The number of amides is 1. The van der Waals surface area contributed by atoms with Crippen LogP contribution in [0.15, 0.2) is 23.4 Å². The zero-order valence-corrected chi connectivity index (χ0v) is 15.5. The van der Waals surface area contributed by atoms with Gasteiger partial charge in [0.2, 0.25) is 5.15 Å². The molecule has 2 aromatic rings. The summed E-state index contributed by atoms with van der Waals surface area (Å²) in [6, 6.07) is 4.84. The molecule has 0 bridgehead atoms. The number of carbonyl (C=O) groups is 1. The lowest BCUT2D eigenvalue weighted by Crippen LogP contribution is -2.21. The van der Waals surface area contributed by atoms with Crippen LogP contribution >= 0.6 is 23.4 Å². The highest BCUT2D eigenvalue weighted by atomic mass is 35.5. The van der Waals surface area contributed by atoms with Crippen molar-refractivity contribution in [2.45, 2.75) is 12.1 Å². The Bertz CT molecular complexity index is 845. The van der Waals surface area contributed by atoms with E-state index in [1.807, 2.05) is 0 Å². The van der Waals surface area contributed by atoms with Crippen molar-refractivity contribution in [2.75, 3.05) is 20.4 Å². The number of thioether (sulfide) groups is 1. The Balaban J connectivity index is 2.51. The molecule has 2 rings (SSSR count). The lowest BCUT2D eigenvalue weighted by Gasteiger charge is -2.13. The topological polar surface area (TPSA) is 98.5 Å². The Morgan fingerprint density at radius 2 is 2.00 bits per heavy atom. The van der Waals surface area contributed by atoms with E-state index in [-0.39, 0.29) is 27.8 Å². The maximum atomic E-state index is 12.1. The maximum absolute atomic E-state index is 12.1. The third-order valence-corrected chi connectivity index (χ3v) is 3.88. The molecule has 0 radical (unpaired) electrons. The molecule has 8 nitrogen and oxygen atoms in total. The Labute approximate surface area is 153 Å². The van der Waals surface area contributed by atoms with Crippen LogP contribution in [0.25, 0.3) is 0 Å². The Morgan fingerprint density at radius 3 is 2.56 bits per heavy atom. The first-order valence-electron chi connectivity index (χ1n) is 7.00. The molecule has 0 aliphatic heterocycles. The average molecular weight is 383 g/mol. The molecule has 1 aromatic carbocycles. The van der Waals surface area contributed by atoms with Gasteiger partial charge in [0.05, 0.1) is 4.92 Å². The summed E-state index contributed by atoms with van der Waals surface area (Å²) in [5.41, 5.74) is 0.630. The van der Waals surface area contributed by atoms with E-state index in [0.29, 0.717) is 5.56 Å². The fraction of sp³-hybridized carbons (Fsp3) is 0.267. The molecule has 0 atom stereocenters. The molecule has 0 aliphatic carbocycles. The summed E-state index contributed by atoms with van der Waals surface area (Å²) in [7, 11) is 3.26. The molecule has 0 spiro atoms. The minimum Gasteiger partial charge on any atom is -0.434 e. The maximum Gasteiger partial charge on any atom is 0.368 e. The zero-order chi connectivity index (χ0) is 18.7. The third-order valence-electron chi connectivity index (χ3n) is 3.07. The second-order valence-electron chi connectivity index (χ2n) is 5.25. The van der Waals surface area contributed by atoms with Crippen LogP contribution in [-0.2, 0) is 0 Å². The lowest BCUT2D eigenvalue weighted by molar-refractivity contribution is -0.386. The predicted octanol–water partition coefficient (Wildman–Crippen LogP) is 3.56. The summed E-state index contributed by atoms with van der Waals surface area (Å²) in [4.78, 5) is 32.0. The molecule has 25 heavy (non-hydrogen) atoms. The first-order chi connectivity index (χ1) is 11.7. The highest BCUT2D eigenvalue weighted by Crippen LogP contribution is 2.36.